The minimum atomic E-state index is 0.620. The number of hydrogen-bond donors (Lipinski definition) is 2. The van der Waals surface area contributed by atoms with E-state index in [-0.39, 0.29) is 0 Å². The lowest BCUT2D eigenvalue weighted by atomic mass is 10.2. The number of nitrogens with one attached hydrogen (secondary N) is 2. The molecule has 4 heteroatoms. The average molecular weight is 220 g/mol. The Kier molecular flexibility index (Phi) is 3.72. The van der Waals surface area contributed by atoms with Crippen LogP contribution in [-0.4, -0.2) is 22.6 Å². The van der Waals surface area contributed by atoms with E-state index in [9.17, 15) is 0 Å². The smallest absolute Gasteiger partial charge is 0.144 e. The van der Waals surface area contributed by atoms with Gasteiger partial charge in [-0.25, -0.2) is 4.98 Å². The van der Waals surface area contributed by atoms with Crippen LogP contribution in [0.3, 0.4) is 0 Å². The number of rotatable bonds is 6. The lowest BCUT2D eigenvalue weighted by Gasteiger charge is -2.09. The van der Waals surface area contributed by atoms with Crippen LogP contribution in [0.5, 0.6) is 0 Å². The zero-order valence-corrected chi connectivity index (χ0v) is 10.0. The molecule has 0 spiro atoms. The van der Waals surface area contributed by atoms with Crippen LogP contribution in [0.1, 0.15) is 32.4 Å². The van der Waals surface area contributed by atoms with Gasteiger partial charge in [0, 0.05) is 25.3 Å². The molecule has 0 amide bonds. The Balaban J connectivity index is 1.84. The molecule has 0 aliphatic heterocycles. The molecule has 1 aromatic rings. The fraction of sp³-hybridized carbons (Fsp3) is 0.667. The number of hydrogen-bond acceptors (Lipinski definition) is 4. The van der Waals surface area contributed by atoms with Crippen LogP contribution >= 0.6 is 0 Å². The maximum Gasteiger partial charge on any atom is 0.144 e. The number of nitrogens with zero attached hydrogens (tertiary/aromatic N) is 2. The van der Waals surface area contributed by atoms with E-state index in [0.29, 0.717) is 12.0 Å². The van der Waals surface area contributed by atoms with Crippen molar-refractivity contribution in [2.24, 2.45) is 5.92 Å². The average Bonchev–Trinajstić information content (AvgIpc) is 3.08. The SMILES string of the molecule is CC(C)CNc1cncc(CNC2CC2)n1. The molecule has 16 heavy (non-hydrogen) atoms. The summed E-state index contributed by atoms with van der Waals surface area (Å²) < 4.78 is 0. The summed E-state index contributed by atoms with van der Waals surface area (Å²) in [6.07, 6.45) is 6.22. The summed E-state index contributed by atoms with van der Waals surface area (Å²) in [5.74, 6) is 1.50. The first-order chi connectivity index (χ1) is 7.74. The first-order valence-electron chi connectivity index (χ1n) is 6.02. The fourth-order valence-electron chi connectivity index (χ4n) is 1.42. The van der Waals surface area contributed by atoms with Gasteiger partial charge >= 0.3 is 0 Å². The van der Waals surface area contributed by atoms with Crippen molar-refractivity contribution in [3.8, 4) is 0 Å². The highest BCUT2D eigenvalue weighted by atomic mass is 15.0. The molecule has 0 unspecified atom stereocenters. The van der Waals surface area contributed by atoms with E-state index in [1.165, 1.54) is 12.8 Å². The van der Waals surface area contributed by atoms with E-state index in [0.717, 1.165) is 24.6 Å². The highest BCUT2D eigenvalue weighted by Gasteiger charge is 2.20. The first-order valence-corrected chi connectivity index (χ1v) is 6.02. The molecule has 88 valence electrons. The third-order valence-corrected chi connectivity index (χ3v) is 2.53. The molecule has 1 saturated carbocycles. The first kappa shape index (κ1) is 11.3. The van der Waals surface area contributed by atoms with E-state index in [1.807, 2.05) is 6.20 Å². The maximum absolute atomic E-state index is 4.51. The molecule has 4 nitrogen and oxygen atoms in total. The van der Waals surface area contributed by atoms with Gasteiger partial charge in [-0.05, 0) is 18.8 Å². The molecule has 1 heterocycles. The molecule has 0 aromatic carbocycles. The molecule has 1 aliphatic rings. The summed E-state index contributed by atoms with van der Waals surface area (Å²) in [6.45, 7) is 6.13. The van der Waals surface area contributed by atoms with Crippen LogP contribution in [0.4, 0.5) is 5.82 Å². The van der Waals surface area contributed by atoms with Crippen molar-refractivity contribution >= 4 is 5.82 Å². The zero-order chi connectivity index (χ0) is 11.4. The summed E-state index contributed by atoms with van der Waals surface area (Å²) in [4.78, 5) is 8.70. The Morgan fingerprint density at radius 2 is 2.19 bits per heavy atom. The summed E-state index contributed by atoms with van der Waals surface area (Å²) in [5, 5.41) is 6.72. The summed E-state index contributed by atoms with van der Waals surface area (Å²) in [7, 11) is 0. The van der Waals surface area contributed by atoms with E-state index in [1.54, 1.807) is 6.20 Å². The van der Waals surface area contributed by atoms with Gasteiger partial charge in [0.25, 0.3) is 0 Å². The lowest BCUT2D eigenvalue weighted by Crippen LogP contribution is -2.17. The summed E-state index contributed by atoms with van der Waals surface area (Å²) in [5.41, 5.74) is 1.01. The second-order valence-electron chi connectivity index (χ2n) is 4.83. The van der Waals surface area contributed by atoms with Gasteiger partial charge in [-0.3, -0.25) is 4.98 Å². The Morgan fingerprint density at radius 1 is 1.38 bits per heavy atom. The fourth-order valence-corrected chi connectivity index (χ4v) is 1.42. The molecular formula is C12H20N4. The molecule has 1 aliphatic carbocycles. The normalized spacial score (nSPS) is 15.4. The van der Waals surface area contributed by atoms with E-state index >= 15 is 0 Å². The zero-order valence-electron chi connectivity index (χ0n) is 10.0. The standard InChI is InChI=1S/C12H20N4/c1-9(2)5-15-12-8-13-6-11(16-12)7-14-10-3-4-10/h6,8-10,14H,3-5,7H2,1-2H3,(H,15,16). The van der Waals surface area contributed by atoms with Crippen LogP contribution in [0.15, 0.2) is 12.4 Å². The van der Waals surface area contributed by atoms with Crippen molar-refractivity contribution in [3.63, 3.8) is 0 Å². The van der Waals surface area contributed by atoms with Gasteiger partial charge in [0.05, 0.1) is 11.9 Å². The Labute approximate surface area is 96.9 Å². The molecule has 2 N–H and O–H groups in total. The van der Waals surface area contributed by atoms with Crippen LogP contribution in [0.2, 0.25) is 0 Å². The molecule has 1 fully saturated rings. The van der Waals surface area contributed by atoms with Gasteiger partial charge in [-0.15, -0.1) is 0 Å². The van der Waals surface area contributed by atoms with E-state index in [2.05, 4.69) is 34.4 Å². The van der Waals surface area contributed by atoms with Gasteiger partial charge < -0.3 is 10.6 Å². The van der Waals surface area contributed by atoms with E-state index < -0.39 is 0 Å². The molecule has 0 radical (unpaired) electrons. The quantitative estimate of drug-likeness (QED) is 0.767. The van der Waals surface area contributed by atoms with Gasteiger partial charge in [-0.2, -0.15) is 0 Å². The van der Waals surface area contributed by atoms with Crippen LogP contribution in [0.25, 0.3) is 0 Å². The maximum atomic E-state index is 4.51. The highest BCUT2D eigenvalue weighted by molar-refractivity contribution is 5.31. The van der Waals surface area contributed by atoms with Crippen molar-refractivity contribution in [1.82, 2.24) is 15.3 Å². The van der Waals surface area contributed by atoms with Crippen LogP contribution in [0, 0.1) is 5.92 Å². The second kappa shape index (κ2) is 5.25. The summed E-state index contributed by atoms with van der Waals surface area (Å²) in [6, 6.07) is 0.717. The van der Waals surface area contributed by atoms with Crippen LogP contribution < -0.4 is 10.6 Å². The molecule has 0 atom stereocenters. The molecular weight excluding hydrogens is 200 g/mol. The molecule has 2 rings (SSSR count). The van der Waals surface area contributed by atoms with Crippen molar-refractivity contribution in [2.45, 2.75) is 39.3 Å². The molecule has 1 aromatic heterocycles. The minimum Gasteiger partial charge on any atom is -0.369 e. The monoisotopic (exact) mass is 220 g/mol. The second-order valence-corrected chi connectivity index (χ2v) is 4.83. The Hall–Kier alpha value is -1.16. The summed E-state index contributed by atoms with van der Waals surface area (Å²) >= 11 is 0. The molecule has 0 saturated heterocycles. The number of anilines is 1. The third-order valence-electron chi connectivity index (χ3n) is 2.53. The highest BCUT2D eigenvalue weighted by Crippen LogP contribution is 2.19. The van der Waals surface area contributed by atoms with Crippen LogP contribution in [-0.2, 0) is 6.54 Å². The van der Waals surface area contributed by atoms with Crippen molar-refractivity contribution in [1.29, 1.82) is 0 Å². The van der Waals surface area contributed by atoms with E-state index in [4.69, 9.17) is 0 Å². The Bertz CT molecular complexity index is 312. The van der Waals surface area contributed by atoms with Crippen molar-refractivity contribution < 1.29 is 0 Å². The van der Waals surface area contributed by atoms with Gasteiger partial charge in [0.1, 0.15) is 5.82 Å². The van der Waals surface area contributed by atoms with Crippen molar-refractivity contribution in [2.75, 3.05) is 11.9 Å². The predicted molar refractivity (Wildman–Crippen MR) is 65.2 cm³/mol. The Morgan fingerprint density at radius 3 is 2.88 bits per heavy atom. The van der Waals surface area contributed by atoms with Gasteiger partial charge in [0.2, 0.25) is 0 Å². The minimum absolute atomic E-state index is 0.620. The number of aromatic nitrogens is 2. The topological polar surface area (TPSA) is 49.8 Å². The van der Waals surface area contributed by atoms with Gasteiger partial charge in [0.15, 0.2) is 0 Å². The lowest BCUT2D eigenvalue weighted by molar-refractivity contribution is 0.667. The predicted octanol–water partition coefficient (Wildman–Crippen LogP) is 1.80. The van der Waals surface area contributed by atoms with Gasteiger partial charge in [-0.1, -0.05) is 13.8 Å². The molecule has 0 bridgehead atoms. The largest absolute Gasteiger partial charge is 0.369 e. The van der Waals surface area contributed by atoms with Crippen molar-refractivity contribution in [3.05, 3.63) is 18.1 Å². The third kappa shape index (κ3) is 3.77.